The molecule has 0 aliphatic rings. The molecule has 0 spiro atoms. The summed E-state index contributed by atoms with van der Waals surface area (Å²) in [6.45, 7) is 2.02. The molecule has 5 aromatic rings. The van der Waals surface area contributed by atoms with Gasteiger partial charge in [0, 0.05) is 23.0 Å². The number of nitrogen functional groups attached to an aromatic ring is 1. The molecule has 0 unspecified atom stereocenters. The number of rotatable bonds is 6. The minimum Gasteiger partial charge on any atom is -0.384 e. The summed E-state index contributed by atoms with van der Waals surface area (Å²) >= 11 is 0. The number of aromatic nitrogens is 2. The number of hydrogen-bond acceptors (Lipinski definition) is 4. The average Bonchev–Trinajstić information content (AvgIpc) is 2.90. The first-order valence-corrected chi connectivity index (χ1v) is 11.3. The van der Waals surface area contributed by atoms with Gasteiger partial charge in [-0.25, -0.2) is 9.97 Å². The van der Waals surface area contributed by atoms with Crippen molar-refractivity contribution in [3.63, 3.8) is 0 Å². The second kappa shape index (κ2) is 9.20. The average molecular weight is 443 g/mol. The first kappa shape index (κ1) is 21.4. The Hall–Kier alpha value is -4.44. The molecule has 2 aromatic heterocycles. The molecule has 5 rings (SSSR count). The van der Waals surface area contributed by atoms with Crippen molar-refractivity contribution >= 4 is 11.6 Å². The van der Waals surface area contributed by atoms with Crippen LogP contribution in [0, 0.1) is 6.92 Å². The minimum atomic E-state index is -0.618. The molecule has 0 fully saturated rings. The number of nitrogens with one attached hydrogen (secondary N) is 1. The van der Waals surface area contributed by atoms with Gasteiger partial charge in [-0.2, -0.15) is 0 Å². The van der Waals surface area contributed by atoms with E-state index >= 15 is 0 Å². The van der Waals surface area contributed by atoms with Crippen molar-refractivity contribution in [2.24, 2.45) is 0 Å². The van der Waals surface area contributed by atoms with E-state index in [2.05, 4.69) is 89.2 Å². The Kier molecular flexibility index (Phi) is 5.79. The first-order chi connectivity index (χ1) is 16.7. The molecule has 0 radical (unpaired) electrons. The zero-order valence-corrected chi connectivity index (χ0v) is 19.0. The molecule has 0 atom stereocenters. The van der Waals surface area contributed by atoms with Crippen LogP contribution in [-0.2, 0) is 5.54 Å². The number of hydrogen-bond donors (Lipinski definition) is 2. The smallest absolute Gasteiger partial charge is 0.127 e. The van der Waals surface area contributed by atoms with Gasteiger partial charge in [-0.05, 0) is 47.9 Å². The lowest BCUT2D eigenvalue weighted by molar-refractivity contribution is 0.706. The maximum atomic E-state index is 5.77. The van der Waals surface area contributed by atoms with Gasteiger partial charge in [-0.15, -0.1) is 0 Å². The third-order valence-electron chi connectivity index (χ3n) is 6.12. The lowest BCUT2D eigenvalue weighted by atomic mass is 9.77. The third-order valence-corrected chi connectivity index (χ3v) is 6.12. The van der Waals surface area contributed by atoms with Gasteiger partial charge in [0.15, 0.2) is 0 Å². The van der Waals surface area contributed by atoms with Crippen LogP contribution < -0.4 is 11.1 Å². The number of nitrogens with zero attached hydrogens (tertiary/aromatic N) is 2. The van der Waals surface area contributed by atoms with Crippen molar-refractivity contribution in [2.75, 3.05) is 11.1 Å². The molecule has 3 N–H and O–H groups in total. The van der Waals surface area contributed by atoms with Crippen LogP contribution in [0.25, 0.3) is 11.1 Å². The number of aryl methyl sites for hydroxylation is 1. The normalized spacial score (nSPS) is 11.2. The van der Waals surface area contributed by atoms with E-state index in [1.807, 2.05) is 43.3 Å². The second-order valence-electron chi connectivity index (χ2n) is 8.27. The third kappa shape index (κ3) is 4.02. The molecule has 0 aliphatic carbocycles. The molecule has 0 amide bonds. The van der Waals surface area contributed by atoms with Gasteiger partial charge in [0.25, 0.3) is 0 Å². The van der Waals surface area contributed by atoms with Gasteiger partial charge in [-0.3, -0.25) is 0 Å². The zero-order valence-electron chi connectivity index (χ0n) is 19.0. The second-order valence-corrected chi connectivity index (χ2v) is 8.27. The number of pyridine rings is 2. The maximum absolute atomic E-state index is 5.77. The Labute approximate surface area is 200 Å². The summed E-state index contributed by atoms with van der Waals surface area (Å²) in [4.78, 5) is 9.19. The largest absolute Gasteiger partial charge is 0.384 e. The fraction of sp³-hybridized carbons (Fsp3) is 0.0667. The SMILES string of the molecule is Cc1nc(NC(c2ccccc2)(c2ccccc2)c2ccccc2)ccc1-c1ccc(N)nc1. The van der Waals surface area contributed by atoms with Crippen LogP contribution in [0.3, 0.4) is 0 Å². The van der Waals surface area contributed by atoms with E-state index in [1.54, 1.807) is 6.20 Å². The molecule has 4 nitrogen and oxygen atoms in total. The highest BCUT2D eigenvalue weighted by molar-refractivity contribution is 5.68. The predicted molar refractivity (Wildman–Crippen MR) is 139 cm³/mol. The topological polar surface area (TPSA) is 63.8 Å². The van der Waals surface area contributed by atoms with E-state index in [9.17, 15) is 0 Å². The van der Waals surface area contributed by atoms with Crippen molar-refractivity contribution in [3.8, 4) is 11.1 Å². The quantitative estimate of drug-likeness (QED) is 0.297. The van der Waals surface area contributed by atoms with Gasteiger partial charge < -0.3 is 11.1 Å². The lowest BCUT2D eigenvalue weighted by Crippen LogP contribution is -2.38. The molecule has 0 saturated heterocycles. The molecule has 0 aliphatic heterocycles. The van der Waals surface area contributed by atoms with Gasteiger partial charge in [0.05, 0.1) is 0 Å². The Morgan fingerprint density at radius 2 is 1.18 bits per heavy atom. The van der Waals surface area contributed by atoms with Gasteiger partial charge >= 0.3 is 0 Å². The van der Waals surface area contributed by atoms with Crippen molar-refractivity contribution in [1.82, 2.24) is 9.97 Å². The molecular formula is C30H26N4. The summed E-state index contributed by atoms with van der Waals surface area (Å²) in [5.74, 6) is 1.30. The monoisotopic (exact) mass is 442 g/mol. The molecular weight excluding hydrogens is 416 g/mol. The molecule has 166 valence electrons. The highest BCUT2D eigenvalue weighted by Crippen LogP contribution is 2.40. The molecule has 0 bridgehead atoms. The van der Waals surface area contributed by atoms with E-state index in [1.165, 1.54) is 0 Å². The van der Waals surface area contributed by atoms with E-state index < -0.39 is 5.54 Å². The lowest BCUT2D eigenvalue weighted by Gasteiger charge is -2.37. The van der Waals surface area contributed by atoms with Crippen LogP contribution in [0.5, 0.6) is 0 Å². The van der Waals surface area contributed by atoms with Gasteiger partial charge in [0.1, 0.15) is 17.2 Å². The molecule has 0 saturated carbocycles. The molecule has 3 aromatic carbocycles. The van der Waals surface area contributed by atoms with Crippen LogP contribution in [-0.4, -0.2) is 9.97 Å². The number of anilines is 2. The fourth-order valence-corrected chi connectivity index (χ4v) is 4.47. The van der Waals surface area contributed by atoms with Crippen molar-refractivity contribution in [2.45, 2.75) is 12.5 Å². The summed E-state index contributed by atoms with van der Waals surface area (Å²) in [5, 5.41) is 3.82. The van der Waals surface area contributed by atoms with Crippen molar-refractivity contribution < 1.29 is 0 Å². The van der Waals surface area contributed by atoms with Crippen molar-refractivity contribution in [3.05, 3.63) is 144 Å². The van der Waals surface area contributed by atoms with E-state index in [4.69, 9.17) is 10.7 Å². The van der Waals surface area contributed by atoms with E-state index in [0.717, 1.165) is 39.3 Å². The Bertz CT molecular complexity index is 1270. The van der Waals surface area contributed by atoms with Gasteiger partial charge in [-0.1, -0.05) is 91.0 Å². The minimum absolute atomic E-state index is 0.506. The Morgan fingerprint density at radius 3 is 1.62 bits per heavy atom. The summed E-state index contributed by atoms with van der Waals surface area (Å²) in [7, 11) is 0. The van der Waals surface area contributed by atoms with Crippen LogP contribution in [0.4, 0.5) is 11.6 Å². The predicted octanol–water partition coefficient (Wildman–Crippen LogP) is 6.44. The molecule has 4 heteroatoms. The number of nitrogens with two attached hydrogens (primary N) is 1. The van der Waals surface area contributed by atoms with Crippen LogP contribution in [0.1, 0.15) is 22.4 Å². The Balaban J connectivity index is 1.66. The molecule has 34 heavy (non-hydrogen) atoms. The highest BCUT2D eigenvalue weighted by Gasteiger charge is 2.36. The van der Waals surface area contributed by atoms with E-state index in [0.29, 0.717) is 5.82 Å². The van der Waals surface area contributed by atoms with Crippen LogP contribution in [0.15, 0.2) is 121 Å². The maximum Gasteiger partial charge on any atom is 0.127 e. The van der Waals surface area contributed by atoms with Crippen LogP contribution in [0.2, 0.25) is 0 Å². The summed E-state index contributed by atoms with van der Waals surface area (Å²) in [5.41, 5.74) is 11.5. The van der Waals surface area contributed by atoms with Gasteiger partial charge in [0.2, 0.25) is 0 Å². The zero-order chi connectivity index (χ0) is 23.4. The standard InChI is InChI=1S/C30H26N4/c1-22-27(23-17-19-28(31)32-21-23)18-20-29(33-22)34-30(24-11-5-2-6-12-24,25-13-7-3-8-14-25)26-15-9-4-10-16-26/h2-21H,1H3,(H2,31,32)(H,33,34). The summed E-state index contributed by atoms with van der Waals surface area (Å²) < 4.78 is 0. The van der Waals surface area contributed by atoms with Crippen LogP contribution >= 0.6 is 0 Å². The number of benzene rings is 3. The first-order valence-electron chi connectivity index (χ1n) is 11.3. The van der Waals surface area contributed by atoms with Crippen molar-refractivity contribution in [1.29, 1.82) is 0 Å². The molecule has 2 heterocycles. The Morgan fingerprint density at radius 1 is 0.647 bits per heavy atom. The summed E-state index contributed by atoms with van der Waals surface area (Å²) in [6, 6.07) is 39.5. The fourth-order valence-electron chi connectivity index (χ4n) is 4.47. The highest BCUT2D eigenvalue weighted by atomic mass is 15.1. The van der Waals surface area contributed by atoms with E-state index in [-0.39, 0.29) is 0 Å². The summed E-state index contributed by atoms with van der Waals surface area (Å²) in [6.07, 6.45) is 1.79.